The van der Waals surface area contributed by atoms with Crippen LogP contribution in [0.15, 0.2) is 17.8 Å². The normalized spacial score (nSPS) is 13.4. The molecule has 58 valence electrons. The number of aliphatic imine (C=N–C) groups is 1. The van der Waals surface area contributed by atoms with E-state index in [0.717, 1.165) is 13.0 Å². The minimum absolute atomic E-state index is 0.254. The highest BCUT2D eigenvalue weighted by Crippen LogP contribution is 1.80. The molecule has 3 N–H and O–H groups in total. The fourth-order valence-corrected chi connectivity index (χ4v) is 0.481. The summed E-state index contributed by atoms with van der Waals surface area (Å²) in [6.45, 7) is 6.28. The molecule has 0 saturated heterocycles. The highest BCUT2D eigenvalue weighted by molar-refractivity contribution is 5.54. The summed E-state index contributed by atoms with van der Waals surface area (Å²) in [7, 11) is 0. The van der Waals surface area contributed by atoms with Crippen molar-refractivity contribution in [3.63, 3.8) is 0 Å². The Kier molecular flexibility index (Phi) is 5.77. The van der Waals surface area contributed by atoms with Gasteiger partial charge in [-0.05, 0) is 13.3 Å². The summed E-state index contributed by atoms with van der Waals surface area (Å²) in [6.07, 6.45) is 4.07. The van der Waals surface area contributed by atoms with Crippen LogP contribution in [-0.2, 0) is 0 Å². The van der Waals surface area contributed by atoms with E-state index in [1.165, 1.54) is 6.20 Å². The van der Waals surface area contributed by atoms with Gasteiger partial charge in [-0.15, -0.1) is 0 Å². The van der Waals surface area contributed by atoms with E-state index in [1.54, 1.807) is 6.34 Å². The Balaban J connectivity index is 3.04. The minimum atomic E-state index is 0.254. The quantitative estimate of drug-likeness (QED) is 0.332. The third-order valence-electron chi connectivity index (χ3n) is 1.02. The molecule has 0 aromatic heterocycles. The molecule has 0 fully saturated rings. The molecule has 0 amide bonds. The van der Waals surface area contributed by atoms with Crippen LogP contribution in [-0.4, -0.2) is 18.9 Å². The molecular weight excluding hydrogens is 126 g/mol. The van der Waals surface area contributed by atoms with Crippen molar-refractivity contribution in [2.45, 2.75) is 19.4 Å². The zero-order valence-electron chi connectivity index (χ0n) is 6.38. The van der Waals surface area contributed by atoms with E-state index in [4.69, 9.17) is 5.73 Å². The second kappa shape index (κ2) is 6.29. The van der Waals surface area contributed by atoms with E-state index in [2.05, 4.69) is 16.9 Å². The van der Waals surface area contributed by atoms with Crippen molar-refractivity contribution in [1.29, 1.82) is 0 Å². The molecule has 1 atom stereocenters. The van der Waals surface area contributed by atoms with E-state index in [-0.39, 0.29) is 6.04 Å². The van der Waals surface area contributed by atoms with Gasteiger partial charge in [0.05, 0.1) is 6.34 Å². The van der Waals surface area contributed by atoms with E-state index in [1.807, 2.05) is 6.92 Å². The maximum Gasteiger partial charge on any atom is 0.0878 e. The van der Waals surface area contributed by atoms with E-state index in [0.29, 0.717) is 0 Å². The Morgan fingerprint density at radius 1 is 1.80 bits per heavy atom. The molecule has 0 radical (unpaired) electrons. The zero-order valence-corrected chi connectivity index (χ0v) is 6.38. The summed E-state index contributed by atoms with van der Waals surface area (Å²) >= 11 is 0. The van der Waals surface area contributed by atoms with Gasteiger partial charge in [-0.2, -0.15) is 0 Å². The molecule has 3 heteroatoms. The first-order valence-electron chi connectivity index (χ1n) is 3.39. The standard InChI is InChI=1S/C7H15N3/c1-3-9-6-10-5-4-7(2)8/h3,6-7H,1,4-5,8H2,2H3,(H,9,10). The summed E-state index contributed by atoms with van der Waals surface area (Å²) in [4.78, 5) is 3.76. The van der Waals surface area contributed by atoms with Crippen LogP contribution in [0.4, 0.5) is 0 Å². The Labute approximate surface area is 62.0 Å². The van der Waals surface area contributed by atoms with Gasteiger partial charge in [0.25, 0.3) is 0 Å². The Morgan fingerprint density at radius 2 is 2.50 bits per heavy atom. The van der Waals surface area contributed by atoms with Crippen molar-refractivity contribution < 1.29 is 0 Å². The number of hydrogen-bond donors (Lipinski definition) is 2. The maximum absolute atomic E-state index is 5.50. The fourth-order valence-electron chi connectivity index (χ4n) is 0.481. The molecule has 0 bridgehead atoms. The topological polar surface area (TPSA) is 50.4 Å². The van der Waals surface area contributed by atoms with Crippen molar-refractivity contribution in [1.82, 2.24) is 5.32 Å². The van der Waals surface area contributed by atoms with Crippen LogP contribution < -0.4 is 11.1 Å². The van der Waals surface area contributed by atoms with E-state index >= 15 is 0 Å². The third kappa shape index (κ3) is 7.17. The Hall–Kier alpha value is -0.830. The second-order valence-corrected chi connectivity index (χ2v) is 2.18. The predicted octanol–water partition coefficient (Wildman–Crippen LogP) is 0.485. The van der Waals surface area contributed by atoms with Crippen LogP contribution >= 0.6 is 0 Å². The second-order valence-electron chi connectivity index (χ2n) is 2.18. The molecule has 0 heterocycles. The molecule has 0 aromatic rings. The van der Waals surface area contributed by atoms with E-state index in [9.17, 15) is 0 Å². The lowest BCUT2D eigenvalue weighted by Crippen LogP contribution is -2.22. The lowest BCUT2D eigenvalue weighted by atomic mass is 10.2. The van der Waals surface area contributed by atoms with E-state index < -0.39 is 0 Å². The lowest BCUT2D eigenvalue weighted by molar-refractivity contribution is 0.653. The zero-order chi connectivity index (χ0) is 7.82. The van der Waals surface area contributed by atoms with Gasteiger partial charge in [-0.25, -0.2) is 4.99 Å². The Morgan fingerprint density at radius 3 is 3.00 bits per heavy atom. The fraction of sp³-hybridized carbons (Fsp3) is 0.571. The molecule has 0 aliphatic carbocycles. The average Bonchev–Trinajstić information content (AvgIpc) is 1.87. The van der Waals surface area contributed by atoms with Gasteiger partial charge in [0.2, 0.25) is 0 Å². The summed E-state index contributed by atoms with van der Waals surface area (Å²) in [6, 6.07) is 0.254. The van der Waals surface area contributed by atoms with Crippen LogP contribution in [0.1, 0.15) is 13.3 Å². The Bertz CT molecular complexity index is 107. The summed E-state index contributed by atoms with van der Waals surface area (Å²) in [5.74, 6) is 0. The maximum atomic E-state index is 5.50. The predicted molar refractivity (Wildman–Crippen MR) is 45.0 cm³/mol. The van der Waals surface area contributed by atoms with Gasteiger partial charge in [-0.1, -0.05) is 6.58 Å². The first-order valence-corrected chi connectivity index (χ1v) is 3.39. The third-order valence-corrected chi connectivity index (χ3v) is 1.02. The molecule has 1 unspecified atom stereocenters. The lowest BCUT2D eigenvalue weighted by Gasteiger charge is -2.02. The van der Waals surface area contributed by atoms with Gasteiger partial charge in [0, 0.05) is 18.8 Å². The number of nitrogens with one attached hydrogen (secondary N) is 1. The van der Waals surface area contributed by atoms with Crippen molar-refractivity contribution in [3.8, 4) is 0 Å². The largest absolute Gasteiger partial charge is 0.376 e. The molecule has 0 aliphatic heterocycles. The molecule has 0 saturated carbocycles. The van der Waals surface area contributed by atoms with Crippen molar-refractivity contribution >= 4 is 6.34 Å². The average molecular weight is 141 g/mol. The summed E-state index contributed by atoms with van der Waals surface area (Å²) in [5.41, 5.74) is 5.50. The summed E-state index contributed by atoms with van der Waals surface area (Å²) in [5, 5.41) is 2.97. The highest BCUT2D eigenvalue weighted by atomic mass is 14.9. The molecule has 0 rings (SSSR count). The smallest absolute Gasteiger partial charge is 0.0878 e. The van der Waals surface area contributed by atoms with Crippen molar-refractivity contribution in [2.75, 3.05) is 6.54 Å². The van der Waals surface area contributed by atoms with Crippen molar-refractivity contribution in [3.05, 3.63) is 12.8 Å². The molecular formula is C7H15N3. The van der Waals surface area contributed by atoms with Crippen molar-refractivity contribution in [2.24, 2.45) is 10.7 Å². The first-order chi connectivity index (χ1) is 4.77. The molecule has 3 nitrogen and oxygen atoms in total. The van der Waals surface area contributed by atoms with Crippen LogP contribution in [0.3, 0.4) is 0 Å². The SMILES string of the molecule is C=C/N=C\NCCC(C)N. The van der Waals surface area contributed by atoms with Crippen LogP contribution in [0.25, 0.3) is 0 Å². The van der Waals surface area contributed by atoms with Gasteiger partial charge in [-0.3, -0.25) is 0 Å². The van der Waals surface area contributed by atoms with Crippen LogP contribution in [0.2, 0.25) is 0 Å². The van der Waals surface area contributed by atoms with Gasteiger partial charge >= 0.3 is 0 Å². The van der Waals surface area contributed by atoms with Gasteiger partial charge in [0.15, 0.2) is 0 Å². The number of rotatable bonds is 5. The first kappa shape index (κ1) is 9.17. The summed E-state index contributed by atoms with van der Waals surface area (Å²) < 4.78 is 0. The van der Waals surface area contributed by atoms with Crippen LogP contribution in [0.5, 0.6) is 0 Å². The number of nitrogens with two attached hydrogens (primary N) is 1. The molecule has 0 aliphatic rings. The molecule has 0 aromatic carbocycles. The van der Waals surface area contributed by atoms with Crippen LogP contribution in [0, 0.1) is 0 Å². The monoisotopic (exact) mass is 141 g/mol. The van der Waals surface area contributed by atoms with Gasteiger partial charge < -0.3 is 11.1 Å². The number of nitrogens with zero attached hydrogens (tertiary/aromatic N) is 1. The molecule has 10 heavy (non-hydrogen) atoms. The minimum Gasteiger partial charge on any atom is -0.376 e. The highest BCUT2D eigenvalue weighted by Gasteiger charge is 1.89. The van der Waals surface area contributed by atoms with Gasteiger partial charge in [0.1, 0.15) is 0 Å². The number of hydrogen-bond acceptors (Lipinski definition) is 2. The molecule has 0 spiro atoms.